The minimum absolute atomic E-state index is 0.245. The molecular weight excluding hydrogens is 240 g/mol. The average Bonchev–Trinajstić information content (AvgIpc) is 2.38. The fraction of sp³-hybridized carbons (Fsp3) is 0.167. The van der Waals surface area contributed by atoms with Crippen molar-refractivity contribution in [3.05, 3.63) is 47.5 Å². The lowest BCUT2D eigenvalue weighted by Crippen LogP contribution is -2.22. The van der Waals surface area contributed by atoms with E-state index in [0.29, 0.717) is 11.8 Å². The maximum atomic E-state index is 5.82. The van der Waals surface area contributed by atoms with Gasteiger partial charge in [-0.3, -0.25) is 0 Å². The number of hydrogen-bond acceptors (Lipinski definition) is 4. The summed E-state index contributed by atoms with van der Waals surface area (Å²) in [6.07, 6.45) is 1.17. The van der Waals surface area contributed by atoms with Gasteiger partial charge in [0, 0.05) is 6.07 Å². The molecule has 0 saturated heterocycles. The molecule has 5 heteroatoms. The first kappa shape index (κ1) is 10.4. The maximum absolute atomic E-state index is 5.82. The van der Waals surface area contributed by atoms with E-state index in [-0.39, 0.29) is 6.10 Å². The number of rotatable bonds is 1. The molecule has 0 saturated carbocycles. The molecule has 0 N–H and O–H groups in total. The van der Waals surface area contributed by atoms with Crippen molar-refractivity contribution in [3.8, 4) is 11.5 Å². The molecule has 2 heterocycles. The standard InChI is InChI=1S/C12H9ClN2O2/c13-12-5-8(14-7-15-12)11-6-16-9-3-1-2-4-10(9)17-11/h1-5,7,11H,6H2/t11-/m0/s1. The van der Waals surface area contributed by atoms with Crippen LogP contribution in [-0.2, 0) is 0 Å². The highest BCUT2D eigenvalue weighted by atomic mass is 35.5. The Bertz CT molecular complexity index is 548. The first-order chi connectivity index (χ1) is 8.33. The lowest BCUT2D eigenvalue weighted by Gasteiger charge is -2.25. The molecule has 1 aromatic carbocycles. The van der Waals surface area contributed by atoms with E-state index in [2.05, 4.69) is 9.97 Å². The quantitative estimate of drug-likeness (QED) is 0.728. The van der Waals surface area contributed by atoms with Crippen LogP contribution in [0.5, 0.6) is 11.5 Å². The number of ether oxygens (including phenoxy) is 2. The molecule has 0 amide bonds. The Balaban J connectivity index is 1.89. The van der Waals surface area contributed by atoms with Crippen molar-refractivity contribution in [2.75, 3.05) is 6.61 Å². The molecule has 4 nitrogen and oxygen atoms in total. The molecule has 0 unspecified atom stereocenters. The Morgan fingerprint density at radius 1 is 1.18 bits per heavy atom. The van der Waals surface area contributed by atoms with Gasteiger partial charge in [-0.05, 0) is 12.1 Å². The van der Waals surface area contributed by atoms with Crippen LogP contribution in [0.4, 0.5) is 0 Å². The molecule has 1 aromatic heterocycles. The summed E-state index contributed by atoms with van der Waals surface area (Å²) in [4.78, 5) is 7.97. The van der Waals surface area contributed by atoms with Gasteiger partial charge >= 0.3 is 0 Å². The Kier molecular flexibility index (Phi) is 2.57. The summed E-state index contributed by atoms with van der Waals surface area (Å²) in [5.41, 5.74) is 0.722. The molecular formula is C12H9ClN2O2. The topological polar surface area (TPSA) is 44.2 Å². The number of benzene rings is 1. The number of nitrogens with zero attached hydrogens (tertiary/aromatic N) is 2. The van der Waals surface area contributed by atoms with Crippen LogP contribution in [0, 0.1) is 0 Å². The van der Waals surface area contributed by atoms with Gasteiger partial charge in [-0.1, -0.05) is 23.7 Å². The van der Waals surface area contributed by atoms with Crippen LogP contribution in [0.3, 0.4) is 0 Å². The zero-order valence-corrected chi connectivity index (χ0v) is 9.59. The van der Waals surface area contributed by atoms with Gasteiger partial charge in [0.2, 0.25) is 0 Å². The first-order valence-corrected chi connectivity index (χ1v) is 5.56. The van der Waals surface area contributed by atoms with Crippen LogP contribution in [0.1, 0.15) is 11.8 Å². The van der Waals surface area contributed by atoms with Crippen molar-refractivity contribution in [1.82, 2.24) is 9.97 Å². The fourth-order valence-corrected chi connectivity index (χ4v) is 1.84. The Morgan fingerprint density at radius 3 is 2.82 bits per heavy atom. The molecule has 0 aliphatic carbocycles. The minimum atomic E-state index is -0.245. The molecule has 2 aromatic rings. The highest BCUT2D eigenvalue weighted by molar-refractivity contribution is 6.29. The van der Waals surface area contributed by atoms with E-state index in [1.54, 1.807) is 6.07 Å². The molecule has 86 valence electrons. The SMILES string of the molecule is Clc1cc([C@@H]2COc3ccccc3O2)ncn1. The predicted octanol–water partition coefficient (Wildman–Crippen LogP) is 2.64. The number of fused-ring (bicyclic) bond motifs is 1. The van der Waals surface area contributed by atoms with Crippen molar-refractivity contribution < 1.29 is 9.47 Å². The van der Waals surface area contributed by atoms with E-state index in [1.807, 2.05) is 24.3 Å². The van der Waals surface area contributed by atoms with Gasteiger partial charge in [0.15, 0.2) is 17.6 Å². The Hall–Kier alpha value is -1.81. The fourth-order valence-electron chi connectivity index (χ4n) is 1.69. The third-order valence-electron chi connectivity index (χ3n) is 2.49. The molecule has 1 aliphatic heterocycles. The van der Waals surface area contributed by atoms with Crippen molar-refractivity contribution in [3.63, 3.8) is 0 Å². The van der Waals surface area contributed by atoms with E-state index in [0.717, 1.165) is 17.2 Å². The summed E-state index contributed by atoms with van der Waals surface area (Å²) in [6.45, 7) is 0.421. The third-order valence-corrected chi connectivity index (χ3v) is 2.70. The van der Waals surface area contributed by atoms with Gasteiger partial charge in [-0.25, -0.2) is 9.97 Å². The normalized spacial score (nSPS) is 17.8. The lowest BCUT2D eigenvalue weighted by molar-refractivity contribution is 0.0882. The van der Waals surface area contributed by atoms with Gasteiger partial charge in [0.1, 0.15) is 18.1 Å². The zero-order chi connectivity index (χ0) is 11.7. The van der Waals surface area contributed by atoms with E-state index in [9.17, 15) is 0 Å². The molecule has 1 aliphatic rings. The molecule has 1 atom stereocenters. The highest BCUT2D eigenvalue weighted by Crippen LogP contribution is 2.35. The van der Waals surface area contributed by atoms with Crippen LogP contribution >= 0.6 is 11.6 Å². The smallest absolute Gasteiger partial charge is 0.175 e. The maximum Gasteiger partial charge on any atom is 0.175 e. The van der Waals surface area contributed by atoms with Crippen LogP contribution in [0.25, 0.3) is 0 Å². The van der Waals surface area contributed by atoms with Crippen molar-refractivity contribution >= 4 is 11.6 Å². The molecule has 0 spiro atoms. The van der Waals surface area contributed by atoms with Crippen LogP contribution in [0.15, 0.2) is 36.7 Å². The second-order valence-electron chi connectivity index (χ2n) is 3.63. The minimum Gasteiger partial charge on any atom is -0.485 e. The highest BCUT2D eigenvalue weighted by Gasteiger charge is 2.23. The molecule has 0 radical (unpaired) electrons. The van der Waals surface area contributed by atoms with E-state index in [1.165, 1.54) is 6.33 Å². The van der Waals surface area contributed by atoms with Gasteiger partial charge in [0.25, 0.3) is 0 Å². The van der Waals surface area contributed by atoms with E-state index >= 15 is 0 Å². The summed E-state index contributed by atoms with van der Waals surface area (Å²) in [6, 6.07) is 9.23. The summed E-state index contributed by atoms with van der Waals surface area (Å²) < 4.78 is 11.4. The van der Waals surface area contributed by atoms with Gasteiger partial charge in [0.05, 0.1) is 5.69 Å². The largest absolute Gasteiger partial charge is 0.485 e. The van der Waals surface area contributed by atoms with Crippen LogP contribution in [0.2, 0.25) is 5.15 Å². The van der Waals surface area contributed by atoms with Crippen molar-refractivity contribution in [2.24, 2.45) is 0 Å². The Morgan fingerprint density at radius 2 is 2.00 bits per heavy atom. The molecule has 17 heavy (non-hydrogen) atoms. The summed E-state index contributed by atoms with van der Waals surface area (Å²) in [7, 11) is 0. The molecule has 0 bridgehead atoms. The second-order valence-corrected chi connectivity index (χ2v) is 4.02. The number of halogens is 1. The Labute approximate surface area is 103 Å². The third kappa shape index (κ3) is 2.03. The van der Waals surface area contributed by atoms with Gasteiger partial charge in [-0.2, -0.15) is 0 Å². The predicted molar refractivity (Wildman–Crippen MR) is 62.3 cm³/mol. The van der Waals surface area contributed by atoms with Crippen LogP contribution < -0.4 is 9.47 Å². The van der Waals surface area contributed by atoms with E-state index in [4.69, 9.17) is 21.1 Å². The van der Waals surface area contributed by atoms with Gasteiger partial charge < -0.3 is 9.47 Å². The van der Waals surface area contributed by atoms with Crippen molar-refractivity contribution in [2.45, 2.75) is 6.10 Å². The lowest BCUT2D eigenvalue weighted by atomic mass is 10.2. The molecule has 3 rings (SSSR count). The molecule has 0 fully saturated rings. The second kappa shape index (κ2) is 4.22. The number of hydrogen-bond donors (Lipinski definition) is 0. The monoisotopic (exact) mass is 248 g/mol. The number of aromatic nitrogens is 2. The number of para-hydroxylation sites is 2. The average molecular weight is 249 g/mol. The van der Waals surface area contributed by atoms with E-state index < -0.39 is 0 Å². The first-order valence-electron chi connectivity index (χ1n) is 5.19. The van der Waals surface area contributed by atoms with Crippen LogP contribution in [-0.4, -0.2) is 16.6 Å². The summed E-state index contributed by atoms with van der Waals surface area (Å²) >= 11 is 5.82. The zero-order valence-electron chi connectivity index (χ0n) is 8.84. The van der Waals surface area contributed by atoms with Gasteiger partial charge in [-0.15, -0.1) is 0 Å². The summed E-state index contributed by atoms with van der Waals surface area (Å²) in [5, 5.41) is 0.400. The van der Waals surface area contributed by atoms with Crippen molar-refractivity contribution in [1.29, 1.82) is 0 Å². The summed E-state index contributed by atoms with van der Waals surface area (Å²) in [5.74, 6) is 1.47.